The first-order chi connectivity index (χ1) is 58.8. The summed E-state index contributed by atoms with van der Waals surface area (Å²) >= 11 is 4.10. The first kappa shape index (κ1) is 103. The van der Waals surface area contributed by atoms with E-state index in [9.17, 15) is 67.4 Å². The highest BCUT2D eigenvalue weighted by Gasteiger charge is 2.44. The lowest BCUT2D eigenvalue weighted by Crippen LogP contribution is -2.61. The van der Waals surface area contributed by atoms with Gasteiger partial charge >= 0.3 is 0 Å². The van der Waals surface area contributed by atoms with Crippen molar-refractivity contribution < 1.29 is 77.0 Å². The van der Waals surface area contributed by atoms with E-state index < -0.39 is 191 Å². The number of thiol groups is 1. The zero-order valence-corrected chi connectivity index (χ0v) is 73.1. The fraction of sp³-hybridized carbons (Fsp3) is 0.610. The van der Waals surface area contributed by atoms with Crippen molar-refractivity contribution in [1.82, 2.24) is 94.2 Å². The Hall–Kier alpha value is -11.7. The van der Waals surface area contributed by atoms with E-state index in [0.29, 0.717) is 61.9 Å². The van der Waals surface area contributed by atoms with E-state index in [1.807, 2.05) is 13.8 Å². The number of primary amides is 1. The quantitative estimate of drug-likeness (QED) is 0.0113. The smallest absolute Gasteiger partial charge is 0.245 e. The molecular formula is C82H131N25O16S. The number of aromatic hydroxyl groups is 1. The van der Waals surface area contributed by atoms with Crippen LogP contribution in [0.25, 0.3) is 0 Å². The fourth-order valence-corrected chi connectivity index (χ4v) is 14.3. The Kier molecular flexibility index (Phi) is 43.2. The summed E-state index contributed by atoms with van der Waals surface area (Å²) in [6.07, 6.45) is 5.54. The number of nitrogens with one attached hydrogen (secondary N) is 17. The molecule has 3 heterocycles. The Bertz CT molecular complexity index is 4090. The average molecular weight is 1760 g/mol. The number of H-pyrrole nitrogens is 1. The Morgan fingerprint density at radius 2 is 0.903 bits per heavy atom. The predicted molar refractivity (Wildman–Crippen MR) is 465 cm³/mol. The third kappa shape index (κ3) is 33.5. The number of nitrogens with zero attached hydrogens (tertiary/aromatic N) is 3. The van der Waals surface area contributed by atoms with Crippen LogP contribution in [0.5, 0.6) is 5.75 Å². The maximum atomic E-state index is 15.0. The lowest BCUT2D eigenvalue weighted by atomic mass is 9.96. The molecule has 3 aromatic rings. The summed E-state index contributed by atoms with van der Waals surface area (Å²) in [6, 6.07) is -4.56. The number of aromatic nitrogens is 2. The van der Waals surface area contributed by atoms with Crippen LogP contribution in [-0.4, -0.2) is 255 Å². The first-order valence-electron chi connectivity index (χ1n) is 42.4. The first-order valence-corrected chi connectivity index (χ1v) is 43.0. The van der Waals surface area contributed by atoms with Gasteiger partial charge in [-0.15, -0.1) is 0 Å². The van der Waals surface area contributed by atoms with Crippen molar-refractivity contribution in [2.45, 2.75) is 262 Å². The molecule has 0 radical (unpaired) electrons. The summed E-state index contributed by atoms with van der Waals surface area (Å²) in [5.41, 5.74) is 29.9. The molecule has 5 rings (SSSR count). The molecule has 0 spiro atoms. The van der Waals surface area contributed by atoms with Gasteiger partial charge in [0.05, 0.1) is 12.4 Å². The van der Waals surface area contributed by atoms with Crippen molar-refractivity contribution in [2.24, 2.45) is 46.4 Å². The molecule has 1 aromatic heterocycles. The average Bonchev–Trinajstić information content (AvgIpc) is 1.64. The van der Waals surface area contributed by atoms with Crippen LogP contribution in [-0.2, 0) is 91.2 Å². The van der Waals surface area contributed by atoms with Gasteiger partial charge in [-0.2, -0.15) is 12.6 Å². The maximum Gasteiger partial charge on any atom is 0.245 e. The van der Waals surface area contributed by atoms with Crippen LogP contribution in [0.4, 0.5) is 0 Å². The number of rotatable bonds is 52. The molecule has 0 aliphatic carbocycles. The third-order valence-corrected chi connectivity index (χ3v) is 22.1. The van der Waals surface area contributed by atoms with E-state index in [1.54, 1.807) is 58.0 Å². The number of likely N-dealkylation sites (tertiary alicyclic amines) is 2. The van der Waals surface area contributed by atoms with Crippen molar-refractivity contribution in [3.05, 3.63) is 83.9 Å². The largest absolute Gasteiger partial charge is 0.508 e. The summed E-state index contributed by atoms with van der Waals surface area (Å²) in [5, 5.41) is 63.2. The van der Waals surface area contributed by atoms with Gasteiger partial charge in [0.15, 0.2) is 11.9 Å². The van der Waals surface area contributed by atoms with Crippen LogP contribution in [0.15, 0.2) is 67.1 Å². The number of nitrogens with two attached hydrogens (primary N) is 5. The van der Waals surface area contributed by atoms with Crippen molar-refractivity contribution in [3.63, 3.8) is 0 Å². The molecule has 17 atom stereocenters. The molecule has 0 unspecified atom stereocenters. The number of benzene rings is 2. The van der Waals surface area contributed by atoms with Gasteiger partial charge in [-0.05, 0) is 145 Å². The number of imidazole rings is 1. The molecule has 41 nitrogen and oxygen atoms in total. The highest BCUT2D eigenvalue weighted by atomic mass is 32.1. The topological polar surface area (TPSA) is 658 Å². The van der Waals surface area contributed by atoms with Gasteiger partial charge in [-0.3, -0.25) is 82.7 Å². The van der Waals surface area contributed by atoms with Gasteiger partial charge in [0.2, 0.25) is 88.6 Å². The van der Waals surface area contributed by atoms with Crippen LogP contribution in [0.1, 0.15) is 169 Å². The number of guanidine groups is 2. The summed E-state index contributed by atoms with van der Waals surface area (Å²) in [4.78, 5) is 223. The third-order valence-electron chi connectivity index (χ3n) is 21.7. The summed E-state index contributed by atoms with van der Waals surface area (Å²) in [6.45, 7) is 15.2. The molecule has 0 bridgehead atoms. The number of aromatic amines is 1. The standard InChI is InChI=1S/C82H131N25O16S/c1-10-45(5)64(104-73(116)59(39-51-28-30-53(108)31-29-51)100-68(111)48(8)95-72(115)58(102-70(113)54(84)42-124)38-50-21-13-12-14-22-50)77(120)96-49(9)67(110)99-57(25-18-34-92-82(88)89)79(122)106-35-19-27-63(106)76(119)103-61(37-44(3)4)80(123)107-36-20-26-62(107)75(118)98-56(24-17-33-91-81(86)87)71(114)94-47(7)69(112)101-60(40-52-41-90-43-93-52)74(117)105-65(46(6)11-2)78(121)97-55(66(85)109)23-15-16-32-83/h12-14,21-22,28-31,41,43-49,54-65,108,124H,10-11,15-20,23-27,32-40,42,83-84H2,1-9H3,(H2,85,109)(H,90,93)(H,94,114)(H,95,115)(H,96,120)(H,97,121)(H,98,118)(H,99,110)(H,100,111)(H,101,112)(H,102,113)(H,103,119)(H,104,116)(H,105,117)(H4,86,87,91)(H4,88,89,92)/t45-,46-,47-,48-,49-,54-,55-,56-,57-,58-,59-,60-,61-,62-,63-,64-,65-/m0/s1. The van der Waals surface area contributed by atoms with Gasteiger partial charge < -0.3 is 123 Å². The normalized spacial score (nSPS) is 17.3. The minimum Gasteiger partial charge on any atom is -0.508 e. The van der Waals surface area contributed by atoms with Gasteiger partial charge in [0, 0.05) is 63.1 Å². The van der Waals surface area contributed by atoms with Crippen LogP contribution in [0, 0.1) is 28.6 Å². The van der Waals surface area contributed by atoms with Crippen LogP contribution in [0.3, 0.4) is 0 Å². The molecule has 2 saturated heterocycles. The maximum absolute atomic E-state index is 15.0. The van der Waals surface area contributed by atoms with Crippen LogP contribution >= 0.6 is 12.6 Å². The molecular weight excluding hydrogens is 1620 g/mol. The molecule has 2 aliphatic heterocycles. The number of hydrogen-bond donors (Lipinski definition) is 24. The lowest BCUT2D eigenvalue weighted by molar-refractivity contribution is -0.145. The minimum absolute atomic E-state index is 0.0215. The Balaban J connectivity index is 1.31. The highest BCUT2D eigenvalue weighted by Crippen LogP contribution is 2.25. The minimum atomic E-state index is -1.43. The Morgan fingerprint density at radius 3 is 1.35 bits per heavy atom. The molecule has 124 heavy (non-hydrogen) atoms. The molecule has 2 aromatic carbocycles. The van der Waals surface area contributed by atoms with E-state index in [4.69, 9.17) is 39.5 Å². The van der Waals surface area contributed by atoms with Gasteiger partial charge in [-0.1, -0.05) is 96.8 Å². The van der Waals surface area contributed by atoms with E-state index >= 15 is 9.59 Å². The van der Waals surface area contributed by atoms with E-state index in [0.717, 1.165) is 0 Å². The van der Waals surface area contributed by atoms with Crippen LogP contribution in [0.2, 0.25) is 0 Å². The van der Waals surface area contributed by atoms with Gasteiger partial charge in [-0.25, -0.2) is 4.98 Å². The summed E-state index contributed by atoms with van der Waals surface area (Å²) in [5.74, 6) is -13.7. The number of hydrogen-bond acceptors (Lipinski definition) is 22. The molecule has 2 aliphatic rings. The molecule has 42 heteroatoms. The lowest BCUT2D eigenvalue weighted by Gasteiger charge is -2.33. The SMILES string of the molecule is CC[C@H](C)[C@H](NC(=O)[C@H](Cc1ccc(O)cc1)NC(=O)[C@H](C)NC(=O)[C@H](Cc1ccccc1)NC(=O)[C@@H](N)CS)C(=O)N[C@@H](C)C(=O)N[C@@H](CCCNC(=N)N)C(=O)N1CCC[C@H]1C(=O)N[C@@H](CC(C)C)C(=O)N1CCC[C@H]1C(=O)N[C@@H](CCCNC(=N)N)C(=O)N[C@@H](C)C(=O)N[C@@H](Cc1cnc[nH]1)C(=O)N[C@H](C(=O)N[C@@H](CCCCN)C(N)=O)[C@@H](C)CC. The second kappa shape index (κ2) is 52.1. The van der Waals surface area contributed by atoms with Gasteiger partial charge in [0.25, 0.3) is 0 Å². The van der Waals surface area contributed by atoms with E-state index in [2.05, 4.69) is 97.0 Å². The van der Waals surface area contributed by atoms with Crippen LogP contribution < -0.4 is 103 Å². The number of phenolic OH excluding ortho intramolecular Hbond substituents is 1. The fourth-order valence-electron chi connectivity index (χ4n) is 14.1. The molecule has 28 N–H and O–H groups in total. The number of unbranched alkanes of at least 4 members (excludes halogenated alkanes) is 1. The zero-order chi connectivity index (χ0) is 92.0. The summed E-state index contributed by atoms with van der Waals surface area (Å²) < 4.78 is 0. The molecule has 686 valence electrons. The summed E-state index contributed by atoms with van der Waals surface area (Å²) in [7, 11) is 0. The number of amides is 15. The molecule has 0 saturated carbocycles. The van der Waals surface area contributed by atoms with Crippen molar-refractivity contribution >= 4 is 113 Å². The number of phenols is 1. The predicted octanol–water partition coefficient (Wildman–Crippen LogP) is -3.46. The number of carbonyl (C=O) groups excluding carboxylic acids is 15. The van der Waals surface area contributed by atoms with Crippen molar-refractivity contribution in [1.29, 1.82) is 10.8 Å². The number of carbonyl (C=O) groups is 15. The second-order valence-corrected chi connectivity index (χ2v) is 32.5. The second-order valence-electron chi connectivity index (χ2n) is 32.2. The monoisotopic (exact) mass is 1750 g/mol. The molecule has 2 fully saturated rings. The Morgan fingerprint density at radius 1 is 0.492 bits per heavy atom. The van der Waals surface area contributed by atoms with E-state index in [1.165, 1.54) is 67.4 Å². The zero-order valence-electron chi connectivity index (χ0n) is 72.3. The van der Waals surface area contributed by atoms with Crippen molar-refractivity contribution in [3.8, 4) is 5.75 Å². The van der Waals surface area contributed by atoms with Crippen molar-refractivity contribution in [2.75, 3.05) is 38.5 Å². The molecule has 15 amide bonds. The Labute approximate surface area is 728 Å². The van der Waals surface area contributed by atoms with E-state index in [-0.39, 0.29) is 126 Å². The van der Waals surface area contributed by atoms with Gasteiger partial charge in [0.1, 0.15) is 90.3 Å². The highest BCUT2D eigenvalue weighted by molar-refractivity contribution is 7.80.